The van der Waals surface area contributed by atoms with Crippen molar-refractivity contribution in [2.75, 3.05) is 6.54 Å². The van der Waals surface area contributed by atoms with E-state index in [9.17, 15) is 9.59 Å². The molecule has 8 heteroatoms. The number of nitrogens with zero attached hydrogens (tertiary/aromatic N) is 4. The zero-order valence-corrected chi connectivity index (χ0v) is 12.8. The molecule has 0 spiro atoms. The summed E-state index contributed by atoms with van der Waals surface area (Å²) in [6, 6.07) is 6.67. The number of aromatic nitrogens is 5. The first-order valence-corrected chi connectivity index (χ1v) is 7.17. The second-order valence-corrected chi connectivity index (χ2v) is 5.26. The van der Waals surface area contributed by atoms with E-state index < -0.39 is 0 Å². The summed E-state index contributed by atoms with van der Waals surface area (Å²) in [6.07, 6.45) is 0.454. The van der Waals surface area contributed by atoms with Crippen LogP contribution in [0.5, 0.6) is 0 Å². The van der Waals surface area contributed by atoms with E-state index in [1.54, 1.807) is 30.8 Å². The number of aromatic amines is 1. The number of carbonyl (C=O) groups excluding carboxylic acids is 1. The minimum atomic E-state index is -0.201. The lowest BCUT2D eigenvalue weighted by atomic mass is 10.2. The SMILES string of the molecule is Cc1cc(=O)[nH]c(CCNC(=O)c2ccc3c(c2)nnn3C)n1. The molecule has 0 saturated heterocycles. The highest BCUT2D eigenvalue weighted by molar-refractivity contribution is 5.97. The van der Waals surface area contributed by atoms with Crippen LogP contribution in [0.3, 0.4) is 0 Å². The van der Waals surface area contributed by atoms with Gasteiger partial charge < -0.3 is 10.3 Å². The number of rotatable bonds is 4. The molecule has 8 nitrogen and oxygen atoms in total. The third-order valence-corrected chi connectivity index (χ3v) is 3.44. The summed E-state index contributed by atoms with van der Waals surface area (Å²) in [5, 5.41) is 10.7. The highest BCUT2D eigenvalue weighted by atomic mass is 16.1. The van der Waals surface area contributed by atoms with Gasteiger partial charge in [-0.25, -0.2) is 9.67 Å². The Bertz CT molecular complexity index is 927. The van der Waals surface area contributed by atoms with Crippen molar-refractivity contribution < 1.29 is 4.79 Å². The predicted molar refractivity (Wildman–Crippen MR) is 84.1 cm³/mol. The van der Waals surface area contributed by atoms with Crippen LogP contribution < -0.4 is 10.9 Å². The highest BCUT2D eigenvalue weighted by Gasteiger charge is 2.09. The maximum Gasteiger partial charge on any atom is 0.251 e. The second-order valence-electron chi connectivity index (χ2n) is 5.26. The van der Waals surface area contributed by atoms with E-state index in [4.69, 9.17) is 0 Å². The van der Waals surface area contributed by atoms with Crippen molar-refractivity contribution in [1.29, 1.82) is 0 Å². The Morgan fingerprint density at radius 1 is 1.35 bits per heavy atom. The molecule has 0 unspecified atom stereocenters. The second kappa shape index (κ2) is 5.99. The van der Waals surface area contributed by atoms with Gasteiger partial charge in [0.2, 0.25) is 0 Å². The van der Waals surface area contributed by atoms with Gasteiger partial charge in [0.05, 0.1) is 5.52 Å². The molecule has 0 aliphatic carbocycles. The van der Waals surface area contributed by atoms with Crippen LogP contribution in [-0.4, -0.2) is 37.4 Å². The van der Waals surface area contributed by atoms with Crippen molar-refractivity contribution in [2.45, 2.75) is 13.3 Å². The number of fused-ring (bicyclic) bond motifs is 1. The van der Waals surface area contributed by atoms with Crippen molar-refractivity contribution in [1.82, 2.24) is 30.3 Å². The molecule has 0 fully saturated rings. The average molecular weight is 312 g/mol. The van der Waals surface area contributed by atoms with Gasteiger partial charge in [0, 0.05) is 37.3 Å². The quantitative estimate of drug-likeness (QED) is 0.722. The first kappa shape index (κ1) is 14.9. The Morgan fingerprint density at radius 3 is 2.96 bits per heavy atom. The molecule has 3 rings (SSSR count). The van der Waals surface area contributed by atoms with Gasteiger partial charge in [-0.1, -0.05) is 5.21 Å². The average Bonchev–Trinajstić information content (AvgIpc) is 2.87. The van der Waals surface area contributed by atoms with Crippen molar-refractivity contribution in [2.24, 2.45) is 7.05 Å². The van der Waals surface area contributed by atoms with Crippen molar-refractivity contribution in [3.05, 3.63) is 51.7 Å². The fourth-order valence-corrected chi connectivity index (χ4v) is 2.34. The van der Waals surface area contributed by atoms with Gasteiger partial charge in [-0.2, -0.15) is 0 Å². The van der Waals surface area contributed by atoms with Gasteiger partial charge in [-0.05, 0) is 25.1 Å². The first-order valence-electron chi connectivity index (χ1n) is 7.17. The van der Waals surface area contributed by atoms with Gasteiger partial charge >= 0.3 is 0 Å². The molecule has 118 valence electrons. The Morgan fingerprint density at radius 2 is 2.17 bits per heavy atom. The molecular formula is C15H16N6O2. The van der Waals surface area contributed by atoms with Crippen LogP contribution in [0, 0.1) is 6.92 Å². The predicted octanol–water partition coefficient (Wildman–Crippen LogP) is 0.333. The maximum absolute atomic E-state index is 12.2. The van der Waals surface area contributed by atoms with Crippen LogP contribution in [0.25, 0.3) is 11.0 Å². The first-order chi connectivity index (χ1) is 11.0. The zero-order chi connectivity index (χ0) is 16.4. The molecule has 0 aliphatic heterocycles. The number of aryl methyl sites for hydroxylation is 2. The minimum Gasteiger partial charge on any atom is -0.352 e. The van der Waals surface area contributed by atoms with E-state index in [1.165, 1.54) is 6.07 Å². The number of nitrogens with one attached hydrogen (secondary N) is 2. The molecule has 0 radical (unpaired) electrons. The van der Waals surface area contributed by atoms with Gasteiger partial charge in [0.15, 0.2) is 0 Å². The van der Waals surface area contributed by atoms with Gasteiger partial charge in [-0.3, -0.25) is 9.59 Å². The monoisotopic (exact) mass is 312 g/mol. The molecular weight excluding hydrogens is 296 g/mol. The molecule has 1 amide bonds. The van der Waals surface area contributed by atoms with E-state index in [2.05, 4.69) is 25.6 Å². The molecule has 0 bridgehead atoms. The number of hydrogen-bond donors (Lipinski definition) is 2. The summed E-state index contributed by atoms with van der Waals surface area (Å²) in [4.78, 5) is 30.4. The molecule has 0 aliphatic rings. The van der Waals surface area contributed by atoms with Crippen LogP contribution in [0.4, 0.5) is 0 Å². The van der Waals surface area contributed by atoms with E-state index in [0.29, 0.717) is 35.6 Å². The molecule has 0 atom stereocenters. The summed E-state index contributed by atoms with van der Waals surface area (Å²) in [7, 11) is 1.80. The van der Waals surface area contributed by atoms with Crippen LogP contribution in [0.1, 0.15) is 21.9 Å². The Balaban J connectivity index is 1.65. The molecule has 3 aromatic rings. The van der Waals surface area contributed by atoms with Crippen LogP contribution >= 0.6 is 0 Å². The van der Waals surface area contributed by atoms with Crippen molar-refractivity contribution >= 4 is 16.9 Å². The minimum absolute atomic E-state index is 0.188. The van der Waals surface area contributed by atoms with Gasteiger partial charge in [0.25, 0.3) is 11.5 Å². The van der Waals surface area contributed by atoms with Gasteiger partial charge in [0.1, 0.15) is 11.3 Å². The topological polar surface area (TPSA) is 106 Å². The molecule has 2 heterocycles. The fourth-order valence-electron chi connectivity index (χ4n) is 2.34. The third-order valence-electron chi connectivity index (χ3n) is 3.44. The van der Waals surface area contributed by atoms with E-state index in [0.717, 1.165) is 5.52 Å². The van der Waals surface area contributed by atoms with Gasteiger partial charge in [-0.15, -0.1) is 5.10 Å². The summed E-state index contributed by atoms with van der Waals surface area (Å²) >= 11 is 0. The lowest BCUT2D eigenvalue weighted by Crippen LogP contribution is -2.26. The Labute approximate surface area is 131 Å². The smallest absolute Gasteiger partial charge is 0.251 e. The lowest BCUT2D eigenvalue weighted by molar-refractivity contribution is 0.0954. The molecule has 23 heavy (non-hydrogen) atoms. The van der Waals surface area contributed by atoms with E-state index >= 15 is 0 Å². The number of amides is 1. The standard InChI is InChI=1S/C15H16N6O2/c1-9-7-14(22)18-13(17-9)5-6-16-15(23)10-3-4-12-11(8-10)19-20-21(12)2/h3-4,7-8H,5-6H2,1-2H3,(H,16,23)(H,17,18,22). The molecule has 2 aromatic heterocycles. The Hall–Kier alpha value is -3.03. The Kier molecular flexibility index (Phi) is 3.88. The fraction of sp³-hybridized carbons (Fsp3) is 0.267. The molecule has 0 saturated carbocycles. The molecule has 2 N–H and O–H groups in total. The van der Waals surface area contributed by atoms with E-state index in [1.807, 2.05) is 6.07 Å². The lowest BCUT2D eigenvalue weighted by Gasteiger charge is -2.05. The molecule has 1 aromatic carbocycles. The number of H-pyrrole nitrogens is 1. The van der Waals surface area contributed by atoms with Crippen LogP contribution in [-0.2, 0) is 13.5 Å². The van der Waals surface area contributed by atoms with Crippen LogP contribution in [0.2, 0.25) is 0 Å². The summed E-state index contributed by atoms with van der Waals surface area (Å²) in [6.45, 7) is 2.14. The summed E-state index contributed by atoms with van der Waals surface area (Å²) < 4.78 is 1.65. The zero-order valence-electron chi connectivity index (χ0n) is 12.8. The highest BCUT2D eigenvalue weighted by Crippen LogP contribution is 2.12. The van der Waals surface area contributed by atoms with Crippen molar-refractivity contribution in [3.63, 3.8) is 0 Å². The third kappa shape index (κ3) is 3.25. The maximum atomic E-state index is 12.2. The summed E-state index contributed by atoms with van der Waals surface area (Å²) in [5.74, 6) is 0.354. The number of benzene rings is 1. The summed E-state index contributed by atoms with van der Waals surface area (Å²) in [5.41, 5.74) is 2.52. The van der Waals surface area contributed by atoms with E-state index in [-0.39, 0.29) is 11.5 Å². The largest absolute Gasteiger partial charge is 0.352 e. The van der Waals surface area contributed by atoms with Crippen molar-refractivity contribution in [3.8, 4) is 0 Å². The number of carbonyl (C=O) groups is 1. The number of hydrogen-bond acceptors (Lipinski definition) is 5. The van der Waals surface area contributed by atoms with Crippen LogP contribution in [0.15, 0.2) is 29.1 Å². The normalized spacial score (nSPS) is 10.9.